The van der Waals surface area contributed by atoms with Gasteiger partial charge in [-0.15, -0.1) is 0 Å². The minimum atomic E-state index is 0.389. The van der Waals surface area contributed by atoms with Gasteiger partial charge in [-0.25, -0.2) is 4.98 Å². The molecule has 18 heavy (non-hydrogen) atoms. The Morgan fingerprint density at radius 3 is 2.89 bits per heavy atom. The summed E-state index contributed by atoms with van der Waals surface area (Å²) in [6.07, 6.45) is 3.26. The molecule has 0 fully saturated rings. The lowest BCUT2D eigenvalue weighted by molar-refractivity contribution is 0.492. The Bertz CT molecular complexity index is 719. The second-order valence-corrected chi connectivity index (χ2v) is 4.66. The second kappa shape index (κ2) is 4.19. The van der Waals surface area contributed by atoms with Gasteiger partial charge in [-0.3, -0.25) is 4.68 Å². The van der Waals surface area contributed by atoms with Gasteiger partial charge in [0, 0.05) is 11.2 Å². The Hall–Kier alpha value is -1.72. The summed E-state index contributed by atoms with van der Waals surface area (Å²) in [6, 6.07) is 3.32. The first-order valence-electron chi connectivity index (χ1n) is 5.14. The molecule has 0 unspecified atom stereocenters. The van der Waals surface area contributed by atoms with Crippen LogP contribution in [0.15, 0.2) is 28.9 Å². The van der Waals surface area contributed by atoms with Gasteiger partial charge in [0.05, 0.1) is 16.9 Å². The topological polar surface area (TPSA) is 69.9 Å². The monoisotopic (exact) mass is 282 g/mol. The third-order valence-corrected chi connectivity index (χ3v) is 2.90. The van der Waals surface area contributed by atoms with Gasteiger partial charge in [0.2, 0.25) is 5.89 Å². The minimum Gasteiger partial charge on any atom is -0.437 e. The number of hydrogen-bond donors (Lipinski definition) is 1. The molecule has 7 heteroatoms. The number of nitrogen functional groups attached to an aromatic ring is 1. The molecule has 0 saturated heterocycles. The number of benzene rings is 1. The van der Waals surface area contributed by atoms with Crippen LogP contribution >= 0.6 is 23.2 Å². The molecule has 5 nitrogen and oxygen atoms in total. The molecule has 0 saturated carbocycles. The van der Waals surface area contributed by atoms with Crippen molar-refractivity contribution in [2.75, 3.05) is 5.73 Å². The van der Waals surface area contributed by atoms with Gasteiger partial charge in [0.1, 0.15) is 12.1 Å². The molecule has 0 aliphatic rings. The fourth-order valence-electron chi connectivity index (χ4n) is 1.68. The molecule has 1 aromatic carbocycles. The average molecular weight is 283 g/mol. The van der Waals surface area contributed by atoms with Crippen LogP contribution in [0.2, 0.25) is 10.0 Å². The van der Waals surface area contributed by atoms with E-state index in [0.29, 0.717) is 39.3 Å². The highest BCUT2D eigenvalue weighted by Gasteiger charge is 2.11. The molecule has 2 N–H and O–H groups in total. The maximum absolute atomic E-state index is 6.02. The molecule has 0 amide bonds. The van der Waals surface area contributed by atoms with Gasteiger partial charge in [-0.05, 0) is 12.1 Å². The van der Waals surface area contributed by atoms with Gasteiger partial charge in [0.15, 0.2) is 5.58 Å². The summed E-state index contributed by atoms with van der Waals surface area (Å²) in [7, 11) is 0. The molecule has 0 radical (unpaired) electrons. The van der Waals surface area contributed by atoms with E-state index < -0.39 is 0 Å². The Balaban J connectivity index is 2.01. The maximum Gasteiger partial charge on any atom is 0.217 e. The van der Waals surface area contributed by atoms with Crippen molar-refractivity contribution >= 4 is 40.0 Å². The van der Waals surface area contributed by atoms with Gasteiger partial charge >= 0.3 is 0 Å². The first kappa shape index (κ1) is 11.4. The SMILES string of the molecule is Nc1cnn(Cc2nc3cc(Cl)cc(Cl)c3o2)c1. The smallest absolute Gasteiger partial charge is 0.217 e. The van der Waals surface area contributed by atoms with Gasteiger partial charge in [0.25, 0.3) is 0 Å². The zero-order valence-electron chi connectivity index (χ0n) is 9.10. The largest absolute Gasteiger partial charge is 0.437 e. The van der Waals surface area contributed by atoms with Crippen molar-refractivity contribution in [1.29, 1.82) is 0 Å². The molecule has 3 rings (SSSR count). The van der Waals surface area contributed by atoms with Crippen LogP contribution in [0.5, 0.6) is 0 Å². The summed E-state index contributed by atoms with van der Waals surface area (Å²) in [4.78, 5) is 4.30. The van der Waals surface area contributed by atoms with Crippen molar-refractivity contribution in [2.24, 2.45) is 0 Å². The van der Waals surface area contributed by atoms with Crippen LogP contribution in [0.4, 0.5) is 5.69 Å². The zero-order chi connectivity index (χ0) is 12.7. The zero-order valence-corrected chi connectivity index (χ0v) is 10.6. The summed E-state index contributed by atoms with van der Waals surface area (Å²) in [5.74, 6) is 0.497. The summed E-state index contributed by atoms with van der Waals surface area (Å²) in [5.41, 5.74) is 7.32. The number of halogens is 2. The summed E-state index contributed by atoms with van der Waals surface area (Å²) < 4.78 is 7.20. The van der Waals surface area contributed by atoms with E-state index in [1.54, 1.807) is 29.2 Å². The lowest BCUT2D eigenvalue weighted by Gasteiger charge is -1.94. The van der Waals surface area contributed by atoms with Gasteiger partial charge in [-0.1, -0.05) is 23.2 Å². The van der Waals surface area contributed by atoms with Crippen LogP contribution in [0.3, 0.4) is 0 Å². The number of fused-ring (bicyclic) bond motifs is 1. The van der Waals surface area contributed by atoms with E-state index >= 15 is 0 Å². The number of oxazole rings is 1. The van der Waals surface area contributed by atoms with E-state index in [1.165, 1.54) is 0 Å². The van der Waals surface area contributed by atoms with Gasteiger partial charge < -0.3 is 10.2 Å². The highest BCUT2D eigenvalue weighted by atomic mass is 35.5. The predicted octanol–water partition coefficient (Wildman–Crippen LogP) is 2.96. The number of rotatable bonds is 2. The maximum atomic E-state index is 6.02. The number of anilines is 1. The van der Waals surface area contributed by atoms with Crippen LogP contribution in [-0.2, 0) is 6.54 Å². The average Bonchev–Trinajstić information content (AvgIpc) is 2.85. The van der Waals surface area contributed by atoms with Crippen molar-refractivity contribution in [3.05, 3.63) is 40.5 Å². The van der Waals surface area contributed by atoms with Crippen molar-refractivity contribution in [3.8, 4) is 0 Å². The molecular formula is C11H8Cl2N4O. The normalized spacial score (nSPS) is 11.2. The predicted molar refractivity (Wildman–Crippen MR) is 69.8 cm³/mol. The molecule has 3 aromatic rings. The summed E-state index contributed by atoms with van der Waals surface area (Å²) in [5, 5.41) is 5.02. The molecular weight excluding hydrogens is 275 g/mol. The molecule has 0 bridgehead atoms. The van der Waals surface area contributed by atoms with Crippen molar-refractivity contribution in [3.63, 3.8) is 0 Å². The molecule has 2 heterocycles. The Morgan fingerprint density at radius 2 is 2.17 bits per heavy atom. The third kappa shape index (κ3) is 2.02. The molecule has 0 aliphatic heterocycles. The van der Waals surface area contributed by atoms with Crippen molar-refractivity contribution in [1.82, 2.24) is 14.8 Å². The number of hydrogen-bond acceptors (Lipinski definition) is 4. The molecule has 0 atom stereocenters. The van der Waals surface area contributed by atoms with Crippen LogP contribution in [0.1, 0.15) is 5.89 Å². The van der Waals surface area contributed by atoms with Crippen LogP contribution < -0.4 is 5.73 Å². The van der Waals surface area contributed by atoms with Crippen LogP contribution in [0.25, 0.3) is 11.1 Å². The van der Waals surface area contributed by atoms with E-state index in [9.17, 15) is 0 Å². The van der Waals surface area contributed by atoms with Crippen LogP contribution in [0, 0.1) is 0 Å². The highest BCUT2D eigenvalue weighted by molar-refractivity contribution is 6.37. The van der Waals surface area contributed by atoms with E-state index in [0.717, 1.165) is 0 Å². The van der Waals surface area contributed by atoms with Crippen molar-refractivity contribution in [2.45, 2.75) is 6.54 Å². The third-order valence-electron chi connectivity index (χ3n) is 2.40. The first-order chi connectivity index (χ1) is 8.61. The highest BCUT2D eigenvalue weighted by Crippen LogP contribution is 2.28. The van der Waals surface area contributed by atoms with Crippen molar-refractivity contribution < 1.29 is 4.42 Å². The van der Waals surface area contributed by atoms with Crippen LogP contribution in [-0.4, -0.2) is 14.8 Å². The minimum absolute atomic E-state index is 0.389. The van der Waals surface area contributed by atoms with E-state index in [4.69, 9.17) is 33.4 Å². The fraction of sp³-hybridized carbons (Fsp3) is 0.0909. The molecule has 0 aliphatic carbocycles. The molecule has 92 valence electrons. The molecule has 2 aromatic heterocycles. The Morgan fingerprint density at radius 1 is 1.33 bits per heavy atom. The number of nitrogens with two attached hydrogens (primary N) is 1. The van der Waals surface area contributed by atoms with Gasteiger partial charge in [-0.2, -0.15) is 5.10 Å². The second-order valence-electron chi connectivity index (χ2n) is 3.81. The fourth-order valence-corrected chi connectivity index (χ4v) is 2.20. The number of nitrogens with zero attached hydrogens (tertiary/aromatic N) is 3. The Labute approximate surface area is 112 Å². The standard InChI is InChI=1S/C11H8Cl2N4O/c12-6-1-8(13)11-9(2-6)16-10(18-11)5-17-4-7(14)3-15-17/h1-4H,5,14H2. The summed E-state index contributed by atoms with van der Waals surface area (Å²) >= 11 is 11.9. The quantitative estimate of drug-likeness (QED) is 0.785. The lowest BCUT2D eigenvalue weighted by Crippen LogP contribution is -1.99. The van der Waals surface area contributed by atoms with E-state index in [2.05, 4.69) is 10.1 Å². The summed E-state index contributed by atoms with van der Waals surface area (Å²) in [6.45, 7) is 0.389. The Kier molecular flexibility index (Phi) is 2.65. The van der Waals surface area contributed by atoms with E-state index in [-0.39, 0.29) is 0 Å². The molecule has 0 spiro atoms. The number of aromatic nitrogens is 3. The van der Waals surface area contributed by atoms with E-state index in [1.807, 2.05) is 0 Å². The first-order valence-corrected chi connectivity index (χ1v) is 5.90. The lowest BCUT2D eigenvalue weighted by atomic mass is 10.3.